The molecule has 0 spiro atoms. The van der Waals surface area contributed by atoms with E-state index < -0.39 is 5.92 Å². The minimum absolute atomic E-state index is 0.0282. The number of nitrogens with zero attached hydrogens (tertiary/aromatic N) is 3. The van der Waals surface area contributed by atoms with Crippen LogP contribution in [0, 0.1) is 12.8 Å². The van der Waals surface area contributed by atoms with E-state index in [-0.39, 0.29) is 43.6 Å². The molecule has 1 unspecified atom stereocenters. The Morgan fingerprint density at radius 2 is 2.13 bits per heavy atom. The van der Waals surface area contributed by atoms with Gasteiger partial charge in [0.25, 0.3) is 0 Å². The second-order valence-electron chi connectivity index (χ2n) is 6.30. The summed E-state index contributed by atoms with van der Waals surface area (Å²) in [6.07, 6.45) is 1.54. The molecule has 1 saturated heterocycles. The Kier molecular flexibility index (Phi) is 4.57. The summed E-state index contributed by atoms with van der Waals surface area (Å²) in [5.41, 5.74) is 0.755. The third-order valence-electron chi connectivity index (χ3n) is 4.57. The summed E-state index contributed by atoms with van der Waals surface area (Å²) >= 11 is 0. The fourth-order valence-electron chi connectivity index (χ4n) is 3.23. The van der Waals surface area contributed by atoms with Gasteiger partial charge in [-0.1, -0.05) is 0 Å². The van der Waals surface area contributed by atoms with Gasteiger partial charge < -0.3 is 9.64 Å². The molecule has 2 heterocycles. The fourth-order valence-corrected chi connectivity index (χ4v) is 3.23. The van der Waals surface area contributed by atoms with Crippen LogP contribution in [0.3, 0.4) is 0 Å². The van der Waals surface area contributed by atoms with E-state index in [1.807, 2.05) is 0 Å². The Hall–Kier alpha value is -1.63. The van der Waals surface area contributed by atoms with Crippen LogP contribution >= 0.6 is 0 Å². The Bertz CT molecular complexity index is 572. The molecule has 0 bridgehead atoms. The summed E-state index contributed by atoms with van der Waals surface area (Å²) < 4.78 is 32.2. The number of morpholine rings is 1. The predicted molar refractivity (Wildman–Crippen MR) is 78.9 cm³/mol. The van der Waals surface area contributed by atoms with E-state index in [1.54, 1.807) is 24.1 Å². The molecular weight excluding hydrogens is 304 g/mol. The standard InChI is InChI=1S/C16H21F2N3O2/c1-11-19-7-4-13(20-11)14-10-21(8-9-23-14)15(22)12-2-5-16(17,18)6-3-12/h4,7,12,14H,2-3,5-6,8-10H2,1H3. The highest BCUT2D eigenvalue weighted by Gasteiger charge is 2.39. The van der Waals surface area contributed by atoms with Crippen LogP contribution in [0.25, 0.3) is 0 Å². The monoisotopic (exact) mass is 325 g/mol. The van der Waals surface area contributed by atoms with Crippen molar-refractivity contribution in [2.75, 3.05) is 19.7 Å². The lowest BCUT2D eigenvalue weighted by Crippen LogP contribution is -2.46. The molecule has 1 aliphatic carbocycles. The normalized spacial score (nSPS) is 25.3. The molecule has 5 nitrogen and oxygen atoms in total. The number of halogens is 2. The predicted octanol–water partition coefficient (Wildman–Crippen LogP) is 2.51. The number of rotatable bonds is 2. The molecule has 1 aromatic heterocycles. The van der Waals surface area contributed by atoms with Crippen molar-refractivity contribution in [1.29, 1.82) is 0 Å². The number of carbonyl (C=O) groups excluding carboxylic acids is 1. The van der Waals surface area contributed by atoms with Crippen LogP contribution in [0.5, 0.6) is 0 Å². The lowest BCUT2D eigenvalue weighted by Gasteiger charge is -2.36. The first-order valence-corrected chi connectivity index (χ1v) is 8.02. The van der Waals surface area contributed by atoms with Crippen molar-refractivity contribution in [3.63, 3.8) is 0 Å². The zero-order chi connectivity index (χ0) is 16.4. The molecule has 0 radical (unpaired) electrons. The van der Waals surface area contributed by atoms with Crippen molar-refractivity contribution < 1.29 is 18.3 Å². The molecule has 126 valence electrons. The molecule has 0 N–H and O–H groups in total. The maximum atomic E-state index is 13.2. The average molecular weight is 325 g/mol. The third kappa shape index (κ3) is 3.83. The van der Waals surface area contributed by atoms with E-state index in [4.69, 9.17) is 4.74 Å². The number of aromatic nitrogens is 2. The largest absolute Gasteiger partial charge is 0.368 e. The fraction of sp³-hybridized carbons (Fsp3) is 0.688. The molecule has 1 aliphatic heterocycles. The zero-order valence-corrected chi connectivity index (χ0v) is 13.2. The van der Waals surface area contributed by atoms with Crippen LogP contribution < -0.4 is 0 Å². The van der Waals surface area contributed by atoms with Crippen molar-refractivity contribution in [3.8, 4) is 0 Å². The molecule has 2 fully saturated rings. The number of hydrogen-bond donors (Lipinski definition) is 0. The van der Waals surface area contributed by atoms with Gasteiger partial charge in [-0.15, -0.1) is 0 Å². The molecule has 7 heteroatoms. The number of carbonyl (C=O) groups is 1. The summed E-state index contributed by atoms with van der Waals surface area (Å²) in [5.74, 6) is -2.27. The van der Waals surface area contributed by atoms with Crippen molar-refractivity contribution >= 4 is 5.91 Å². The zero-order valence-electron chi connectivity index (χ0n) is 13.2. The second-order valence-corrected chi connectivity index (χ2v) is 6.30. The van der Waals surface area contributed by atoms with E-state index in [0.717, 1.165) is 5.69 Å². The maximum Gasteiger partial charge on any atom is 0.248 e. The lowest BCUT2D eigenvalue weighted by molar-refractivity contribution is -0.147. The van der Waals surface area contributed by atoms with Gasteiger partial charge in [-0.05, 0) is 25.8 Å². The summed E-state index contributed by atoms with van der Waals surface area (Å²) in [4.78, 5) is 22.7. The van der Waals surface area contributed by atoms with Gasteiger partial charge >= 0.3 is 0 Å². The number of amides is 1. The number of alkyl halides is 2. The topological polar surface area (TPSA) is 55.3 Å². The summed E-state index contributed by atoms with van der Waals surface area (Å²) in [6.45, 7) is 3.16. The average Bonchev–Trinajstić information content (AvgIpc) is 2.54. The Balaban J connectivity index is 1.63. The lowest BCUT2D eigenvalue weighted by atomic mass is 9.85. The number of aryl methyl sites for hydroxylation is 1. The maximum absolute atomic E-state index is 13.2. The van der Waals surface area contributed by atoms with Crippen LogP contribution in [-0.4, -0.2) is 46.4 Å². The summed E-state index contributed by atoms with van der Waals surface area (Å²) in [5, 5.41) is 0. The molecule has 1 saturated carbocycles. The van der Waals surface area contributed by atoms with Crippen molar-refractivity contribution in [3.05, 3.63) is 23.8 Å². The smallest absolute Gasteiger partial charge is 0.248 e. The molecule has 2 aliphatic rings. The van der Waals surface area contributed by atoms with Gasteiger partial charge in [0.1, 0.15) is 11.9 Å². The quantitative estimate of drug-likeness (QED) is 0.838. The summed E-state index contributed by atoms with van der Waals surface area (Å²) in [7, 11) is 0. The molecule has 3 rings (SSSR count). The molecular formula is C16H21F2N3O2. The highest BCUT2D eigenvalue weighted by atomic mass is 19.3. The Labute approximate surface area is 134 Å². The van der Waals surface area contributed by atoms with Crippen LogP contribution in [0.2, 0.25) is 0 Å². The molecule has 1 aromatic rings. The first-order valence-electron chi connectivity index (χ1n) is 8.02. The van der Waals surface area contributed by atoms with Gasteiger partial charge in [0.2, 0.25) is 11.8 Å². The third-order valence-corrected chi connectivity index (χ3v) is 4.57. The van der Waals surface area contributed by atoms with E-state index in [9.17, 15) is 13.6 Å². The van der Waals surface area contributed by atoms with Gasteiger partial charge in [0.05, 0.1) is 18.8 Å². The van der Waals surface area contributed by atoms with Gasteiger partial charge in [0.15, 0.2) is 0 Å². The molecule has 0 aromatic carbocycles. The van der Waals surface area contributed by atoms with Crippen LogP contribution in [0.15, 0.2) is 12.3 Å². The molecule has 23 heavy (non-hydrogen) atoms. The Morgan fingerprint density at radius 1 is 1.39 bits per heavy atom. The number of ether oxygens (including phenoxy) is 1. The minimum Gasteiger partial charge on any atom is -0.368 e. The van der Waals surface area contributed by atoms with Crippen LogP contribution in [0.4, 0.5) is 8.78 Å². The molecule has 1 amide bonds. The van der Waals surface area contributed by atoms with Crippen LogP contribution in [0.1, 0.15) is 43.3 Å². The van der Waals surface area contributed by atoms with E-state index in [2.05, 4.69) is 9.97 Å². The second kappa shape index (κ2) is 6.47. The van der Waals surface area contributed by atoms with Gasteiger partial charge in [-0.3, -0.25) is 4.79 Å². The first kappa shape index (κ1) is 16.2. The Morgan fingerprint density at radius 3 is 2.83 bits per heavy atom. The van der Waals surface area contributed by atoms with Gasteiger partial charge in [0, 0.05) is 31.5 Å². The summed E-state index contributed by atoms with van der Waals surface area (Å²) in [6, 6.07) is 1.78. The van der Waals surface area contributed by atoms with Crippen molar-refractivity contribution in [2.45, 2.75) is 44.6 Å². The van der Waals surface area contributed by atoms with E-state index in [1.165, 1.54) is 0 Å². The minimum atomic E-state index is -2.61. The van der Waals surface area contributed by atoms with E-state index >= 15 is 0 Å². The van der Waals surface area contributed by atoms with Gasteiger partial charge in [-0.2, -0.15) is 0 Å². The van der Waals surface area contributed by atoms with Crippen molar-refractivity contribution in [2.24, 2.45) is 5.92 Å². The highest BCUT2D eigenvalue weighted by Crippen LogP contribution is 2.37. The molecule has 1 atom stereocenters. The first-order chi connectivity index (χ1) is 10.9. The SMILES string of the molecule is Cc1nccc(C2CN(C(=O)C3CCC(F)(F)CC3)CCO2)n1. The number of hydrogen-bond acceptors (Lipinski definition) is 4. The van der Waals surface area contributed by atoms with E-state index in [0.29, 0.717) is 25.5 Å². The van der Waals surface area contributed by atoms with Crippen molar-refractivity contribution in [1.82, 2.24) is 14.9 Å². The van der Waals surface area contributed by atoms with Gasteiger partial charge in [-0.25, -0.2) is 18.7 Å². The highest BCUT2D eigenvalue weighted by molar-refractivity contribution is 5.79. The van der Waals surface area contributed by atoms with Crippen LogP contribution in [-0.2, 0) is 9.53 Å².